The van der Waals surface area contributed by atoms with Crippen LogP contribution < -0.4 is 10.6 Å². The number of carbonyl (C=O) groups excluding carboxylic acids is 1. The maximum Gasteiger partial charge on any atom is 0.259 e. The van der Waals surface area contributed by atoms with E-state index >= 15 is 0 Å². The van der Waals surface area contributed by atoms with Crippen LogP contribution in [0.25, 0.3) is 0 Å². The second-order valence-corrected chi connectivity index (χ2v) is 4.44. The van der Waals surface area contributed by atoms with Gasteiger partial charge in [-0.15, -0.1) is 0 Å². The van der Waals surface area contributed by atoms with Gasteiger partial charge in [0.15, 0.2) is 0 Å². The van der Waals surface area contributed by atoms with E-state index < -0.39 is 0 Å². The molecule has 1 amide bonds. The zero-order valence-electron chi connectivity index (χ0n) is 11.4. The molecule has 1 heterocycles. The van der Waals surface area contributed by atoms with E-state index in [4.69, 9.17) is 0 Å². The van der Waals surface area contributed by atoms with Gasteiger partial charge >= 0.3 is 0 Å². The second kappa shape index (κ2) is 6.16. The van der Waals surface area contributed by atoms with Gasteiger partial charge in [-0.05, 0) is 31.7 Å². The number of aromatic hydroxyl groups is 1. The Morgan fingerprint density at radius 3 is 2.75 bits per heavy atom. The average molecular weight is 271 g/mol. The molecule has 0 fully saturated rings. The van der Waals surface area contributed by atoms with Crippen molar-refractivity contribution in [2.24, 2.45) is 0 Å². The molecule has 0 spiro atoms. The molecule has 0 saturated carbocycles. The summed E-state index contributed by atoms with van der Waals surface area (Å²) in [4.78, 5) is 15.9. The Balaban J connectivity index is 2.27. The monoisotopic (exact) mass is 271 g/mol. The summed E-state index contributed by atoms with van der Waals surface area (Å²) in [6.07, 6.45) is 2.72. The minimum Gasteiger partial charge on any atom is -0.505 e. The van der Waals surface area contributed by atoms with Gasteiger partial charge in [-0.25, -0.2) is 0 Å². The van der Waals surface area contributed by atoms with Crippen molar-refractivity contribution in [3.63, 3.8) is 0 Å². The molecule has 1 aromatic heterocycles. The first kappa shape index (κ1) is 14.0. The molecule has 0 aliphatic carbocycles. The van der Waals surface area contributed by atoms with Gasteiger partial charge in [0.05, 0.1) is 11.8 Å². The number of anilines is 1. The van der Waals surface area contributed by atoms with Crippen LogP contribution in [0.4, 0.5) is 5.69 Å². The Morgan fingerprint density at radius 1 is 1.30 bits per heavy atom. The predicted molar refractivity (Wildman–Crippen MR) is 77.8 cm³/mol. The number of pyridine rings is 1. The van der Waals surface area contributed by atoms with Crippen LogP contribution in [0.2, 0.25) is 0 Å². The number of benzene rings is 1. The number of rotatable bonds is 4. The van der Waals surface area contributed by atoms with E-state index in [9.17, 15) is 9.90 Å². The number of nitrogens with one attached hydrogen (secondary N) is 2. The highest BCUT2D eigenvalue weighted by Crippen LogP contribution is 2.24. The van der Waals surface area contributed by atoms with Crippen molar-refractivity contribution in [2.75, 3.05) is 12.4 Å². The highest BCUT2D eigenvalue weighted by molar-refractivity contribution is 6.06. The SMILES string of the molecule is CNC(C)c1ccccc1NC(=O)c1ccncc1O. The van der Waals surface area contributed by atoms with Crippen molar-refractivity contribution in [2.45, 2.75) is 13.0 Å². The Hall–Kier alpha value is -2.40. The first-order chi connectivity index (χ1) is 9.63. The lowest BCUT2D eigenvalue weighted by Gasteiger charge is -2.16. The molecule has 0 saturated heterocycles. The van der Waals surface area contributed by atoms with Crippen LogP contribution >= 0.6 is 0 Å². The largest absolute Gasteiger partial charge is 0.505 e. The average Bonchev–Trinajstić information content (AvgIpc) is 2.47. The van der Waals surface area contributed by atoms with Gasteiger partial charge in [0.25, 0.3) is 5.91 Å². The van der Waals surface area contributed by atoms with Gasteiger partial charge in [-0.1, -0.05) is 18.2 Å². The number of nitrogens with zero attached hydrogens (tertiary/aromatic N) is 1. The number of aromatic nitrogens is 1. The third kappa shape index (κ3) is 2.95. The molecule has 3 N–H and O–H groups in total. The number of carbonyl (C=O) groups is 1. The van der Waals surface area contributed by atoms with E-state index in [-0.39, 0.29) is 23.3 Å². The summed E-state index contributed by atoms with van der Waals surface area (Å²) >= 11 is 0. The molecule has 5 nitrogen and oxygen atoms in total. The zero-order chi connectivity index (χ0) is 14.5. The molecule has 0 aliphatic rings. The molecule has 2 aromatic rings. The van der Waals surface area contributed by atoms with Gasteiger partial charge in [0.2, 0.25) is 0 Å². The van der Waals surface area contributed by atoms with Gasteiger partial charge in [0, 0.05) is 17.9 Å². The summed E-state index contributed by atoms with van der Waals surface area (Å²) in [5.74, 6) is -0.496. The van der Waals surface area contributed by atoms with E-state index in [1.807, 2.05) is 38.2 Å². The summed E-state index contributed by atoms with van der Waals surface area (Å²) in [5.41, 5.74) is 1.90. The number of para-hydroxylation sites is 1. The third-order valence-electron chi connectivity index (χ3n) is 3.15. The van der Waals surface area contributed by atoms with Crippen molar-refractivity contribution in [3.8, 4) is 5.75 Å². The van der Waals surface area contributed by atoms with Crippen LogP contribution in [0.1, 0.15) is 28.9 Å². The van der Waals surface area contributed by atoms with E-state index in [1.54, 1.807) is 0 Å². The molecule has 0 bridgehead atoms. The van der Waals surface area contributed by atoms with Crippen molar-refractivity contribution >= 4 is 11.6 Å². The minimum atomic E-state index is -0.361. The molecule has 104 valence electrons. The lowest BCUT2D eigenvalue weighted by atomic mass is 10.1. The highest BCUT2D eigenvalue weighted by atomic mass is 16.3. The maximum absolute atomic E-state index is 12.2. The topological polar surface area (TPSA) is 74.2 Å². The molecular formula is C15H17N3O2. The number of hydrogen-bond donors (Lipinski definition) is 3. The fraction of sp³-hybridized carbons (Fsp3) is 0.200. The molecule has 2 rings (SSSR count). The third-order valence-corrected chi connectivity index (χ3v) is 3.15. The predicted octanol–water partition coefficient (Wildman–Crippen LogP) is 2.32. The first-order valence-corrected chi connectivity index (χ1v) is 6.34. The zero-order valence-corrected chi connectivity index (χ0v) is 11.4. The van der Waals surface area contributed by atoms with E-state index in [0.717, 1.165) is 11.3 Å². The number of amides is 1. The van der Waals surface area contributed by atoms with Crippen LogP contribution in [0.3, 0.4) is 0 Å². The van der Waals surface area contributed by atoms with Crippen LogP contribution in [0.15, 0.2) is 42.7 Å². The van der Waals surface area contributed by atoms with Crippen molar-refractivity contribution in [3.05, 3.63) is 53.9 Å². The van der Waals surface area contributed by atoms with E-state index in [2.05, 4.69) is 15.6 Å². The second-order valence-electron chi connectivity index (χ2n) is 4.44. The summed E-state index contributed by atoms with van der Waals surface area (Å²) in [6, 6.07) is 9.14. The molecule has 1 atom stereocenters. The van der Waals surface area contributed by atoms with Gasteiger partial charge in [-0.2, -0.15) is 0 Å². The fourth-order valence-electron chi connectivity index (χ4n) is 1.91. The molecule has 0 aliphatic heterocycles. The Labute approximate surface area is 117 Å². The van der Waals surface area contributed by atoms with Crippen molar-refractivity contribution in [1.82, 2.24) is 10.3 Å². The maximum atomic E-state index is 12.2. The van der Waals surface area contributed by atoms with E-state index in [0.29, 0.717) is 0 Å². The van der Waals surface area contributed by atoms with Crippen LogP contribution in [-0.2, 0) is 0 Å². The molecule has 20 heavy (non-hydrogen) atoms. The van der Waals surface area contributed by atoms with E-state index in [1.165, 1.54) is 18.5 Å². The molecular weight excluding hydrogens is 254 g/mol. The van der Waals surface area contributed by atoms with Crippen molar-refractivity contribution < 1.29 is 9.90 Å². The van der Waals surface area contributed by atoms with Crippen LogP contribution in [0.5, 0.6) is 5.75 Å². The Kier molecular flexibility index (Phi) is 4.32. The lowest BCUT2D eigenvalue weighted by Crippen LogP contribution is -2.18. The van der Waals surface area contributed by atoms with Gasteiger partial charge < -0.3 is 15.7 Å². The summed E-state index contributed by atoms with van der Waals surface area (Å²) in [7, 11) is 1.86. The van der Waals surface area contributed by atoms with Crippen LogP contribution in [0, 0.1) is 0 Å². The highest BCUT2D eigenvalue weighted by Gasteiger charge is 2.14. The molecule has 1 unspecified atom stereocenters. The summed E-state index contributed by atoms with van der Waals surface area (Å²) in [5, 5.41) is 15.6. The van der Waals surface area contributed by atoms with Crippen LogP contribution in [-0.4, -0.2) is 23.0 Å². The number of hydrogen-bond acceptors (Lipinski definition) is 4. The quantitative estimate of drug-likeness (QED) is 0.797. The lowest BCUT2D eigenvalue weighted by molar-refractivity contribution is 0.102. The Morgan fingerprint density at radius 2 is 2.05 bits per heavy atom. The Bertz CT molecular complexity index is 614. The summed E-state index contributed by atoms with van der Waals surface area (Å²) in [6.45, 7) is 2.01. The van der Waals surface area contributed by atoms with Gasteiger partial charge in [0.1, 0.15) is 5.75 Å². The molecule has 0 radical (unpaired) electrons. The first-order valence-electron chi connectivity index (χ1n) is 6.34. The van der Waals surface area contributed by atoms with Crippen molar-refractivity contribution in [1.29, 1.82) is 0 Å². The summed E-state index contributed by atoms with van der Waals surface area (Å²) < 4.78 is 0. The smallest absolute Gasteiger partial charge is 0.259 e. The standard InChI is InChI=1S/C15H17N3O2/c1-10(16-2)11-5-3-4-6-13(11)18-15(20)12-7-8-17-9-14(12)19/h3-10,16,19H,1-2H3,(H,18,20). The van der Waals surface area contributed by atoms with Gasteiger partial charge in [-0.3, -0.25) is 9.78 Å². The fourth-order valence-corrected chi connectivity index (χ4v) is 1.91. The normalized spacial score (nSPS) is 11.9. The molecule has 1 aromatic carbocycles. The minimum absolute atomic E-state index is 0.109. The molecule has 5 heteroatoms.